The summed E-state index contributed by atoms with van der Waals surface area (Å²) in [5.74, 6) is 0.383. The number of carbonyl (C=O) groups excluding carboxylic acids is 2. The van der Waals surface area contributed by atoms with Gasteiger partial charge >= 0.3 is 6.03 Å². The third-order valence-electron chi connectivity index (χ3n) is 4.64. The minimum absolute atomic E-state index is 0.0584. The first-order chi connectivity index (χ1) is 13.3. The number of rotatable bonds is 8. The quantitative estimate of drug-likeness (QED) is 0.643. The molecule has 0 fully saturated rings. The number of amides is 3. The molecule has 2 aromatic rings. The number of urea groups is 1. The van der Waals surface area contributed by atoms with Crippen LogP contribution in [0.4, 0.5) is 4.79 Å². The van der Waals surface area contributed by atoms with E-state index in [0.29, 0.717) is 5.92 Å². The van der Waals surface area contributed by atoms with Gasteiger partial charge in [-0.05, 0) is 34.9 Å². The maximum Gasteiger partial charge on any atom is 0.318 e. The predicted octanol–water partition coefficient (Wildman–Crippen LogP) is 4.11. The molecular formula is C23H31N3O2. The molecule has 0 heterocycles. The van der Waals surface area contributed by atoms with E-state index in [1.807, 2.05) is 30.3 Å². The number of hydrogen-bond acceptors (Lipinski definition) is 3. The number of carbonyl (C=O) groups is 2. The van der Waals surface area contributed by atoms with E-state index in [0.717, 1.165) is 17.5 Å². The van der Waals surface area contributed by atoms with E-state index in [9.17, 15) is 9.59 Å². The summed E-state index contributed by atoms with van der Waals surface area (Å²) < 4.78 is 0. The Hall–Kier alpha value is -2.66. The normalized spacial score (nSPS) is 13.4. The molecule has 5 heteroatoms. The average Bonchev–Trinajstić information content (AvgIpc) is 2.62. The van der Waals surface area contributed by atoms with Crippen LogP contribution in [-0.2, 0) is 11.2 Å². The predicted molar refractivity (Wildman–Crippen MR) is 113 cm³/mol. The summed E-state index contributed by atoms with van der Waals surface area (Å²) in [4.78, 5) is 23.9. The molecule has 0 unspecified atom stereocenters. The third kappa shape index (κ3) is 6.20. The number of hydrogen-bond donors (Lipinski definition) is 3. The van der Waals surface area contributed by atoms with Gasteiger partial charge in [0.2, 0.25) is 5.91 Å². The van der Waals surface area contributed by atoms with Crippen LogP contribution in [0.2, 0.25) is 0 Å². The van der Waals surface area contributed by atoms with E-state index in [1.54, 1.807) is 0 Å². The van der Waals surface area contributed by atoms with E-state index in [1.165, 1.54) is 5.56 Å². The zero-order chi connectivity index (χ0) is 20.7. The van der Waals surface area contributed by atoms with Gasteiger partial charge in [-0.3, -0.25) is 15.4 Å². The van der Waals surface area contributed by atoms with Crippen LogP contribution < -0.4 is 16.4 Å². The second-order valence-corrected chi connectivity index (χ2v) is 7.93. The number of benzene rings is 2. The minimum Gasteiger partial charge on any atom is -0.351 e. The van der Waals surface area contributed by atoms with Gasteiger partial charge in [0.15, 0.2) is 0 Å². The van der Waals surface area contributed by atoms with Crippen molar-refractivity contribution in [2.75, 3.05) is 0 Å². The second-order valence-electron chi connectivity index (χ2n) is 7.93. The average molecular weight is 382 g/mol. The molecule has 3 amide bonds. The highest BCUT2D eigenvalue weighted by Gasteiger charge is 2.27. The zero-order valence-corrected chi connectivity index (χ0v) is 17.1. The Kier molecular flexibility index (Phi) is 7.76. The fourth-order valence-electron chi connectivity index (χ4n) is 3.35. The SMILES string of the molecule is CC(C)Cc1ccc([C@@H](N[C@@H](C(=O)NC(N)=O)c2ccccc2)C(C)C)cc1. The van der Waals surface area contributed by atoms with Crippen LogP contribution in [0.5, 0.6) is 0 Å². The Balaban J connectivity index is 2.29. The van der Waals surface area contributed by atoms with Gasteiger partial charge < -0.3 is 5.73 Å². The van der Waals surface area contributed by atoms with E-state index in [-0.39, 0.29) is 12.0 Å². The molecule has 0 radical (unpaired) electrons. The first kappa shape index (κ1) is 21.6. The van der Waals surface area contributed by atoms with E-state index < -0.39 is 18.0 Å². The Morgan fingerprint density at radius 1 is 0.893 bits per heavy atom. The van der Waals surface area contributed by atoms with Crippen LogP contribution in [0, 0.1) is 11.8 Å². The van der Waals surface area contributed by atoms with Gasteiger partial charge in [-0.1, -0.05) is 82.3 Å². The molecule has 0 saturated carbocycles. The van der Waals surface area contributed by atoms with Crippen molar-refractivity contribution in [3.8, 4) is 0 Å². The fraction of sp³-hybridized carbons (Fsp3) is 0.391. The largest absolute Gasteiger partial charge is 0.351 e. The van der Waals surface area contributed by atoms with Crippen LogP contribution >= 0.6 is 0 Å². The van der Waals surface area contributed by atoms with Crippen molar-refractivity contribution in [3.05, 3.63) is 71.3 Å². The highest BCUT2D eigenvalue weighted by molar-refractivity contribution is 5.96. The molecule has 0 bridgehead atoms. The number of nitrogens with two attached hydrogens (primary N) is 1. The Morgan fingerprint density at radius 2 is 1.50 bits per heavy atom. The van der Waals surface area contributed by atoms with Crippen molar-refractivity contribution >= 4 is 11.9 Å². The van der Waals surface area contributed by atoms with E-state index >= 15 is 0 Å². The molecule has 2 atom stereocenters. The van der Waals surface area contributed by atoms with Crippen LogP contribution in [0.15, 0.2) is 54.6 Å². The maximum atomic E-state index is 12.6. The van der Waals surface area contributed by atoms with Crippen molar-refractivity contribution in [1.29, 1.82) is 0 Å². The van der Waals surface area contributed by atoms with Gasteiger partial charge in [0, 0.05) is 6.04 Å². The second kappa shape index (κ2) is 10.0. The van der Waals surface area contributed by atoms with E-state index in [4.69, 9.17) is 5.73 Å². The third-order valence-corrected chi connectivity index (χ3v) is 4.64. The smallest absolute Gasteiger partial charge is 0.318 e. The highest BCUT2D eigenvalue weighted by Crippen LogP contribution is 2.27. The summed E-state index contributed by atoms with van der Waals surface area (Å²) >= 11 is 0. The van der Waals surface area contributed by atoms with Crippen LogP contribution in [0.1, 0.15) is 56.5 Å². The molecule has 4 N–H and O–H groups in total. The maximum absolute atomic E-state index is 12.6. The Labute approximate surface area is 167 Å². The summed E-state index contributed by atoms with van der Waals surface area (Å²) in [5, 5.41) is 5.64. The lowest BCUT2D eigenvalue weighted by Gasteiger charge is -2.28. The number of imide groups is 1. The van der Waals surface area contributed by atoms with Gasteiger partial charge in [0.1, 0.15) is 6.04 Å². The Bertz CT molecular complexity index is 770. The molecular weight excluding hydrogens is 350 g/mol. The summed E-state index contributed by atoms with van der Waals surface area (Å²) in [5.41, 5.74) is 8.35. The van der Waals surface area contributed by atoms with Crippen molar-refractivity contribution in [2.45, 2.75) is 46.2 Å². The molecule has 0 saturated heterocycles. The van der Waals surface area contributed by atoms with Gasteiger partial charge in [-0.15, -0.1) is 0 Å². The molecule has 5 nitrogen and oxygen atoms in total. The molecule has 0 aliphatic rings. The molecule has 0 spiro atoms. The first-order valence-electron chi connectivity index (χ1n) is 9.78. The molecule has 0 aliphatic heterocycles. The molecule has 2 rings (SSSR count). The van der Waals surface area contributed by atoms with Crippen LogP contribution in [-0.4, -0.2) is 11.9 Å². The van der Waals surface area contributed by atoms with Crippen LogP contribution in [0.25, 0.3) is 0 Å². The van der Waals surface area contributed by atoms with Gasteiger partial charge in [-0.25, -0.2) is 4.79 Å². The van der Waals surface area contributed by atoms with Crippen molar-refractivity contribution in [1.82, 2.24) is 10.6 Å². The lowest BCUT2D eigenvalue weighted by Crippen LogP contribution is -2.44. The van der Waals surface area contributed by atoms with E-state index in [2.05, 4.69) is 62.6 Å². The molecule has 0 aromatic heterocycles. The van der Waals surface area contributed by atoms with Crippen LogP contribution in [0.3, 0.4) is 0 Å². The molecule has 28 heavy (non-hydrogen) atoms. The minimum atomic E-state index is -0.855. The topological polar surface area (TPSA) is 84.2 Å². The van der Waals surface area contributed by atoms with Gasteiger partial charge in [0.05, 0.1) is 0 Å². The molecule has 150 valence electrons. The van der Waals surface area contributed by atoms with Crippen molar-refractivity contribution < 1.29 is 9.59 Å². The standard InChI is InChI=1S/C23H31N3O2/c1-15(2)14-17-10-12-19(13-11-17)20(16(3)4)25-21(22(27)26-23(24)28)18-8-6-5-7-9-18/h5-13,15-16,20-21,25H,14H2,1-4H3,(H3,24,26,27,28)/t20-,21+/m0/s1. The number of nitrogens with one attached hydrogen (secondary N) is 2. The van der Waals surface area contributed by atoms with Crippen molar-refractivity contribution in [3.63, 3.8) is 0 Å². The monoisotopic (exact) mass is 381 g/mol. The summed E-state index contributed by atoms with van der Waals surface area (Å²) in [7, 11) is 0. The summed E-state index contributed by atoms with van der Waals surface area (Å²) in [6.07, 6.45) is 1.04. The van der Waals surface area contributed by atoms with Crippen molar-refractivity contribution in [2.24, 2.45) is 17.6 Å². The van der Waals surface area contributed by atoms with Gasteiger partial charge in [-0.2, -0.15) is 0 Å². The lowest BCUT2D eigenvalue weighted by molar-refractivity contribution is -0.122. The Morgan fingerprint density at radius 3 is 2.00 bits per heavy atom. The number of primary amides is 1. The highest BCUT2D eigenvalue weighted by atomic mass is 16.2. The lowest BCUT2D eigenvalue weighted by atomic mass is 9.92. The molecule has 0 aliphatic carbocycles. The molecule has 2 aromatic carbocycles. The summed E-state index contributed by atoms with van der Waals surface area (Å²) in [6, 6.07) is 16.3. The summed E-state index contributed by atoms with van der Waals surface area (Å²) in [6.45, 7) is 8.61. The first-order valence-corrected chi connectivity index (χ1v) is 9.78. The van der Waals surface area contributed by atoms with Gasteiger partial charge in [0.25, 0.3) is 0 Å². The fourth-order valence-corrected chi connectivity index (χ4v) is 3.35. The zero-order valence-electron chi connectivity index (χ0n) is 17.1.